The number of hydrogen-bond donors (Lipinski definition) is 1. The maximum atomic E-state index is 12.4. The van der Waals surface area contributed by atoms with E-state index in [0.717, 1.165) is 17.7 Å². The summed E-state index contributed by atoms with van der Waals surface area (Å²) >= 11 is 0. The van der Waals surface area contributed by atoms with Crippen molar-refractivity contribution in [3.05, 3.63) is 100 Å². The van der Waals surface area contributed by atoms with Crippen LogP contribution in [-0.4, -0.2) is 15.5 Å². The lowest BCUT2D eigenvalue weighted by Crippen LogP contribution is -2.27. The first-order valence-corrected chi connectivity index (χ1v) is 8.54. The molecule has 0 bridgehead atoms. The van der Waals surface area contributed by atoms with Crippen molar-refractivity contribution >= 4 is 16.9 Å². The molecule has 6 nitrogen and oxygen atoms in total. The van der Waals surface area contributed by atoms with Crippen LogP contribution in [0.3, 0.4) is 0 Å². The molecule has 2 aromatic heterocycles. The van der Waals surface area contributed by atoms with Crippen molar-refractivity contribution in [2.24, 2.45) is 0 Å². The van der Waals surface area contributed by atoms with E-state index >= 15 is 0 Å². The number of amides is 1. The minimum atomic E-state index is -0.637. The molecule has 2 heterocycles. The summed E-state index contributed by atoms with van der Waals surface area (Å²) < 4.78 is 7.19. The molecule has 0 aliphatic rings. The molecule has 0 atom stereocenters. The van der Waals surface area contributed by atoms with E-state index in [1.807, 2.05) is 41.1 Å². The highest BCUT2D eigenvalue weighted by Crippen LogP contribution is 2.13. The smallest absolute Gasteiger partial charge is 0.349 e. The van der Waals surface area contributed by atoms with E-state index in [2.05, 4.69) is 10.3 Å². The summed E-state index contributed by atoms with van der Waals surface area (Å²) in [7, 11) is 0. The zero-order chi connectivity index (χ0) is 18.6. The number of imidazole rings is 1. The topological polar surface area (TPSA) is 77.1 Å². The molecular formula is C21H17N3O3. The molecule has 2 aromatic carbocycles. The van der Waals surface area contributed by atoms with Crippen LogP contribution in [0.15, 0.2) is 82.5 Å². The van der Waals surface area contributed by atoms with Crippen LogP contribution < -0.4 is 10.9 Å². The fourth-order valence-electron chi connectivity index (χ4n) is 2.85. The van der Waals surface area contributed by atoms with Gasteiger partial charge in [0.25, 0.3) is 5.91 Å². The van der Waals surface area contributed by atoms with Crippen LogP contribution in [0.5, 0.6) is 0 Å². The van der Waals surface area contributed by atoms with Gasteiger partial charge in [-0.1, -0.05) is 42.5 Å². The SMILES string of the molecule is O=C(NCc1ccc(Cn2ccnc2)cc1)c1cc2ccccc2oc1=O. The van der Waals surface area contributed by atoms with E-state index in [1.54, 1.807) is 36.8 Å². The molecule has 1 amide bonds. The van der Waals surface area contributed by atoms with E-state index in [1.165, 1.54) is 0 Å². The molecule has 4 aromatic rings. The van der Waals surface area contributed by atoms with Crippen molar-refractivity contribution in [2.75, 3.05) is 0 Å². The molecule has 0 radical (unpaired) electrons. The summed E-state index contributed by atoms with van der Waals surface area (Å²) in [6.07, 6.45) is 5.42. The number of carbonyl (C=O) groups is 1. The lowest BCUT2D eigenvalue weighted by molar-refractivity contribution is 0.0947. The van der Waals surface area contributed by atoms with Crippen LogP contribution in [0.1, 0.15) is 21.5 Å². The van der Waals surface area contributed by atoms with Crippen LogP contribution in [0, 0.1) is 0 Å². The highest BCUT2D eigenvalue weighted by molar-refractivity contribution is 5.96. The molecular weight excluding hydrogens is 342 g/mol. The first-order chi connectivity index (χ1) is 13.2. The summed E-state index contributed by atoms with van der Waals surface area (Å²) in [6, 6.07) is 16.6. The molecule has 0 fully saturated rings. The van der Waals surface area contributed by atoms with Crippen molar-refractivity contribution in [1.82, 2.24) is 14.9 Å². The Morgan fingerprint density at radius 1 is 1.07 bits per heavy atom. The highest BCUT2D eigenvalue weighted by Gasteiger charge is 2.13. The number of nitrogens with one attached hydrogen (secondary N) is 1. The van der Waals surface area contributed by atoms with Crippen LogP contribution in [0.2, 0.25) is 0 Å². The Balaban J connectivity index is 1.43. The molecule has 0 unspecified atom stereocenters. The van der Waals surface area contributed by atoms with Gasteiger partial charge in [-0.3, -0.25) is 4.79 Å². The first-order valence-electron chi connectivity index (χ1n) is 8.54. The molecule has 0 saturated carbocycles. The number of benzene rings is 2. The molecule has 134 valence electrons. The Labute approximate surface area is 155 Å². The van der Waals surface area contributed by atoms with Gasteiger partial charge in [-0.2, -0.15) is 0 Å². The quantitative estimate of drug-likeness (QED) is 0.556. The highest BCUT2D eigenvalue weighted by atomic mass is 16.4. The molecule has 4 rings (SSSR count). The maximum absolute atomic E-state index is 12.4. The Hall–Kier alpha value is -3.67. The number of rotatable bonds is 5. The fourth-order valence-corrected chi connectivity index (χ4v) is 2.85. The third kappa shape index (κ3) is 3.79. The summed E-state index contributed by atoms with van der Waals surface area (Å²) in [6.45, 7) is 1.07. The average molecular weight is 359 g/mol. The van der Waals surface area contributed by atoms with Gasteiger partial charge in [-0.15, -0.1) is 0 Å². The predicted octanol–water partition coefficient (Wildman–Crippen LogP) is 2.97. The molecule has 6 heteroatoms. The van der Waals surface area contributed by atoms with E-state index < -0.39 is 11.5 Å². The summed E-state index contributed by atoms with van der Waals surface area (Å²) in [5.74, 6) is -0.447. The molecule has 0 saturated heterocycles. The lowest BCUT2D eigenvalue weighted by Gasteiger charge is -2.07. The average Bonchev–Trinajstić information content (AvgIpc) is 3.19. The standard InChI is InChI=1S/C21H17N3O3/c25-20(18-11-17-3-1-2-4-19(17)27-21(18)26)23-12-15-5-7-16(8-6-15)13-24-10-9-22-14-24/h1-11,14H,12-13H2,(H,23,25). The van der Waals surface area contributed by atoms with E-state index in [9.17, 15) is 9.59 Å². The number of para-hydroxylation sites is 1. The number of carbonyl (C=O) groups excluding carboxylic acids is 1. The normalized spacial score (nSPS) is 10.8. The van der Waals surface area contributed by atoms with Gasteiger partial charge in [0.2, 0.25) is 0 Å². The minimum Gasteiger partial charge on any atom is -0.422 e. The monoisotopic (exact) mass is 359 g/mol. The van der Waals surface area contributed by atoms with Crippen LogP contribution in [0.4, 0.5) is 0 Å². The van der Waals surface area contributed by atoms with Gasteiger partial charge in [-0.05, 0) is 23.3 Å². The van der Waals surface area contributed by atoms with Gasteiger partial charge in [0.05, 0.1) is 6.33 Å². The molecule has 1 N–H and O–H groups in total. The lowest BCUT2D eigenvalue weighted by atomic mass is 10.1. The summed E-state index contributed by atoms with van der Waals surface area (Å²) in [5.41, 5.74) is 1.92. The van der Waals surface area contributed by atoms with Gasteiger partial charge in [0.1, 0.15) is 11.1 Å². The van der Waals surface area contributed by atoms with Crippen molar-refractivity contribution in [2.45, 2.75) is 13.1 Å². The third-order valence-corrected chi connectivity index (χ3v) is 4.29. The molecule has 0 aliphatic heterocycles. The summed E-state index contributed by atoms with van der Waals surface area (Å²) in [5, 5.41) is 3.49. The minimum absolute atomic E-state index is 0.00503. The fraction of sp³-hybridized carbons (Fsp3) is 0.0952. The van der Waals surface area contributed by atoms with Gasteiger partial charge >= 0.3 is 5.63 Å². The molecule has 27 heavy (non-hydrogen) atoms. The number of aromatic nitrogens is 2. The van der Waals surface area contributed by atoms with E-state index in [4.69, 9.17) is 4.42 Å². The van der Waals surface area contributed by atoms with Crippen molar-refractivity contribution in [3.8, 4) is 0 Å². The summed E-state index contributed by atoms with van der Waals surface area (Å²) in [4.78, 5) is 28.4. The van der Waals surface area contributed by atoms with E-state index in [0.29, 0.717) is 17.5 Å². The third-order valence-electron chi connectivity index (χ3n) is 4.29. The maximum Gasteiger partial charge on any atom is 0.349 e. The van der Waals surface area contributed by atoms with Crippen molar-refractivity contribution < 1.29 is 9.21 Å². The zero-order valence-electron chi connectivity index (χ0n) is 14.5. The Kier molecular flexibility index (Phi) is 4.53. The number of nitrogens with zero attached hydrogens (tertiary/aromatic N) is 2. The predicted molar refractivity (Wildman–Crippen MR) is 101 cm³/mol. The van der Waals surface area contributed by atoms with Gasteiger partial charge in [0, 0.05) is 30.9 Å². The largest absolute Gasteiger partial charge is 0.422 e. The molecule has 0 spiro atoms. The van der Waals surface area contributed by atoms with Crippen LogP contribution in [0.25, 0.3) is 11.0 Å². The van der Waals surface area contributed by atoms with Crippen molar-refractivity contribution in [1.29, 1.82) is 0 Å². The van der Waals surface area contributed by atoms with Gasteiger partial charge < -0.3 is 14.3 Å². The van der Waals surface area contributed by atoms with Crippen LogP contribution >= 0.6 is 0 Å². The van der Waals surface area contributed by atoms with Gasteiger partial charge in [0.15, 0.2) is 0 Å². The Morgan fingerprint density at radius 2 is 1.85 bits per heavy atom. The first kappa shape index (κ1) is 16.8. The number of hydrogen-bond acceptors (Lipinski definition) is 4. The van der Waals surface area contributed by atoms with Crippen LogP contribution in [-0.2, 0) is 13.1 Å². The van der Waals surface area contributed by atoms with Crippen molar-refractivity contribution in [3.63, 3.8) is 0 Å². The Morgan fingerprint density at radius 3 is 2.63 bits per heavy atom. The Bertz CT molecular complexity index is 1130. The zero-order valence-corrected chi connectivity index (χ0v) is 14.5. The van der Waals surface area contributed by atoms with E-state index in [-0.39, 0.29) is 5.56 Å². The second-order valence-corrected chi connectivity index (χ2v) is 6.22. The number of fused-ring (bicyclic) bond motifs is 1. The molecule has 0 aliphatic carbocycles. The van der Waals surface area contributed by atoms with Gasteiger partial charge in [-0.25, -0.2) is 9.78 Å². The second-order valence-electron chi connectivity index (χ2n) is 6.22. The second kappa shape index (κ2) is 7.29.